The average molecular weight is 317 g/mol. The summed E-state index contributed by atoms with van der Waals surface area (Å²) in [4.78, 5) is 37.6. The van der Waals surface area contributed by atoms with E-state index in [-0.39, 0.29) is 24.1 Å². The summed E-state index contributed by atoms with van der Waals surface area (Å²) >= 11 is 0. The van der Waals surface area contributed by atoms with Gasteiger partial charge in [-0.3, -0.25) is 14.4 Å². The zero-order chi connectivity index (χ0) is 16.7. The Morgan fingerprint density at radius 3 is 2.57 bits per heavy atom. The molecule has 2 aromatic rings. The van der Waals surface area contributed by atoms with Gasteiger partial charge in [0.2, 0.25) is 5.91 Å². The molecule has 0 aliphatic carbocycles. The van der Waals surface area contributed by atoms with Crippen molar-refractivity contribution >= 4 is 22.6 Å². The molecular formula is C16H16FN3O3. The lowest BCUT2D eigenvalue weighted by Gasteiger charge is -2.22. The third kappa shape index (κ3) is 2.48. The number of hydrogen-bond acceptors (Lipinski definition) is 3. The molecule has 0 radical (unpaired) electrons. The second-order valence-corrected chi connectivity index (χ2v) is 5.71. The monoisotopic (exact) mass is 317 g/mol. The molecule has 1 aromatic heterocycles. The number of likely N-dealkylation sites (tertiary alicyclic amines) is 1. The highest BCUT2D eigenvalue weighted by Gasteiger charge is 2.39. The van der Waals surface area contributed by atoms with Gasteiger partial charge in [0.25, 0.3) is 11.5 Å². The normalized spacial score (nSPS) is 20.9. The maximum Gasteiger partial charge on any atom is 0.258 e. The number of primary amides is 1. The van der Waals surface area contributed by atoms with Crippen molar-refractivity contribution in [2.45, 2.75) is 18.6 Å². The Bertz CT molecular complexity index is 861. The molecule has 3 rings (SSSR count). The van der Waals surface area contributed by atoms with Crippen molar-refractivity contribution in [3.63, 3.8) is 0 Å². The molecule has 0 unspecified atom stereocenters. The van der Waals surface area contributed by atoms with E-state index < -0.39 is 24.0 Å². The first-order valence-corrected chi connectivity index (χ1v) is 7.23. The number of nitrogens with two attached hydrogens (primary N) is 1. The van der Waals surface area contributed by atoms with Crippen molar-refractivity contribution in [1.82, 2.24) is 9.47 Å². The molecule has 120 valence electrons. The number of nitrogens with zero attached hydrogens (tertiary/aromatic N) is 2. The molecule has 0 bridgehead atoms. The summed E-state index contributed by atoms with van der Waals surface area (Å²) in [5, 5.41) is 0.874. The summed E-state index contributed by atoms with van der Waals surface area (Å²) in [6.07, 6.45) is 0.0386. The van der Waals surface area contributed by atoms with Crippen LogP contribution >= 0.6 is 0 Å². The van der Waals surface area contributed by atoms with E-state index >= 15 is 0 Å². The highest BCUT2D eigenvalue weighted by Crippen LogP contribution is 2.25. The Kier molecular flexibility index (Phi) is 3.63. The van der Waals surface area contributed by atoms with Gasteiger partial charge in [0.1, 0.15) is 12.2 Å². The zero-order valence-corrected chi connectivity index (χ0v) is 12.5. The number of amides is 2. The molecule has 2 atom stereocenters. The van der Waals surface area contributed by atoms with Gasteiger partial charge in [-0.15, -0.1) is 0 Å². The number of carbonyl (C=O) groups excluding carboxylic acids is 2. The van der Waals surface area contributed by atoms with Crippen LogP contribution in [0.4, 0.5) is 4.39 Å². The third-order valence-corrected chi connectivity index (χ3v) is 4.16. The van der Waals surface area contributed by atoms with Crippen LogP contribution in [-0.4, -0.2) is 40.0 Å². The molecule has 7 heteroatoms. The maximum atomic E-state index is 13.7. The second-order valence-electron chi connectivity index (χ2n) is 5.71. The first-order chi connectivity index (χ1) is 10.9. The quantitative estimate of drug-likeness (QED) is 0.879. The van der Waals surface area contributed by atoms with Crippen molar-refractivity contribution in [2.24, 2.45) is 12.8 Å². The van der Waals surface area contributed by atoms with Crippen LogP contribution in [0.25, 0.3) is 10.8 Å². The van der Waals surface area contributed by atoms with Gasteiger partial charge >= 0.3 is 0 Å². The lowest BCUT2D eigenvalue weighted by Crippen LogP contribution is -2.44. The SMILES string of the molecule is Cn1cc(C(=O)N2C[C@H](F)C[C@H]2C(N)=O)c2ccccc2c1=O. The molecule has 2 heterocycles. The summed E-state index contributed by atoms with van der Waals surface area (Å²) in [5.41, 5.74) is 5.30. The predicted octanol–water partition coefficient (Wildman–Crippen LogP) is 0.576. The average Bonchev–Trinajstić information content (AvgIpc) is 2.92. The number of aryl methyl sites for hydroxylation is 1. The first-order valence-electron chi connectivity index (χ1n) is 7.23. The number of aromatic nitrogens is 1. The van der Waals surface area contributed by atoms with Gasteiger partial charge in [0.15, 0.2) is 0 Å². The van der Waals surface area contributed by atoms with Gasteiger partial charge in [-0.2, -0.15) is 0 Å². The maximum absolute atomic E-state index is 13.7. The summed E-state index contributed by atoms with van der Waals surface area (Å²) in [6.45, 7) is -0.177. The van der Waals surface area contributed by atoms with Gasteiger partial charge in [-0.05, 0) is 6.07 Å². The van der Waals surface area contributed by atoms with Crippen molar-refractivity contribution in [2.75, 3.05) is 6.54 Å². The minimum absolute atomic E-state index is 0.0925. The Labute approximate surface area is 131 Å². The van der Waals surface area contributed by atoms with Crippen LogP contribution in [0.5, 0.6) is 0 Å². The Balaban J connectivity index is 2.13. The smallest absolute Gasteiger partial charge is 0.258 e. The van der Waals surface area contributed by atoms with E-state index in [1.807, 2.05) is 0 Å². The molecular weight excluding hydrogens is 301 g/mol. The molecule has 0 spiro atoms. The number of alkyl halides is 1. The number of rotatable bonds is 2. The Morgan fingerprint density at radius 2 is 1.91 bits per heavy atom. The Hall–Kier alpha value is -2.70. The largest absolute Gasteiger partial charge is 0.368 e. The molecule has 1 aromatic carbocycles. The van der Waals surface area contributed by atoms with Gasteiger partial charge in [0, 0.05) is 30.4 Å². The fourth-order valence-electron chi connectivity index (χ4n) is 3.02. The topological polar surface area (TPSA) is 85.4 Å². The standard InChI is InChI=1S/C16H16FN3O3/c1-19-8-12(10-4-2-3-5-11(10)15(19)22)16(23)20-7-9(17)6-13(20)14(18)21/h2-5,8-9,13H,6-7H2,1H3,(H2,18,21)/t9-,13+/m1/s1. The summed E-state index contributed by atoms with van der Waals surface area (Å²) < 4.78 is 15.0. The molecule has 1 aliphatic rings. The van der Waals surface area contributed by atoms with Crippen LogP contribution in [0.3, 0.4) is 0 Å². The van der Waals surface area contributed by atoms with E-state index in [0.717, 1.165) is 4.90 Å². The molecule has 0 saturated carbocycles. The summed E-state index contributed by atoms with van der Waals surface area (Å²) in [7, 11) is 1.54. The lowest BCUT2D eigenvalue weighted by molar-refractivity contribution is -0.121. The van der Waals surface area contributed by atoms with E-state index in [4.69, 9.17) is 5.73 Å². The number of halogens is 1. The molecule has 23 heavy (non-hydrogen) atoms. The number of benzene rings is 1. The van der Waals surface area contributed by atoms with E-state index in [2.05, 4.69) is 0 Å². The highest BCUT2D eigenvalue weighted by molar-refractivity contribution is 6.07. The van der Waals surface area contributed by atoms with Crippen LogP contribution in [0.15, 0.2) is 35.3 Å². The molecule has 2 N–H and O–H groups in total. The number of carbonyl (C=O) groups is 2. The zero-order valence-electron chi connectivity index (χ0n) is 12.5. The highest BCUT2D eigenvalue weighted by atomic mass is 19.1. The molecule has 2 amide bonds. The minimum atomic E-state index is -1.28. The molecule has 1 aliphatic heterocycles. The van der Waals surface area contributed by atoms with Crippen LogP contribution in [0.2, 0.25) is 0 Å². The van der Waals surface area contributed by atoms with Crippen molar-refractivity contribution in [3.8, 4) is 0 Å². The predicted molar refractivity (Wildman–Crippen MR) is 82.7 cm³/mol. The van der Waals surface area contributed by atoms with Crippen LogP contribution in [-0.2, 0) is 11.8 Å². The number of hydrogen-bond donors (Lipinski definition) is 1. The Morgan fingerprint density at radius 1 is 1.26 bits per heavy atom. The van der Waals surface area contributed by atoms with Crippen LogP contribution < -0.4 is 11.3 Å². The molecule has 6 nitrogen and oxygen atoms in total. The molecule has 1 fully saturated rings. The van der Waals surface area contributed by atoms with Crippen molar-refractivity contribution < 1.29 is 14.0 Å². The van der Waals surface area contributed by atoms with Crippen molar-refractivity contribution in [1.29, 1.82) is 0 Å². The third-order valence-electron chi connectivity index (χ3n) is 4.16. The van der Waals surface area contributed by atoms with E-state index in [9.17, 15) is 18.8 Å². The van der Waals surface area contributed by atoms with E-state index in [1.54, 1.807) is 31.3 Å². The lowest BCUT2D eigenvalue weighted by atomic mass is 10.1. The van der Waals surface area contributed by atoms with Crippen LogP contribution in [0.1, 0.15) is 16.8 Å². The van der Waals surface area contributed by atoms with E-state index in [0.29, 0.717) is 10.8 Å². The fourth-order valence-corrected chi connectivity index (χ4v) is 3.02. The van der Waals surface area contributed by atoms with Gasteiger partial charge in [-0.1, -0.05) is 18.2 Å². The number of pyridine rings is 1. The van der Waals surface area contributed by atoms with E-state index in [1.165, 1.54) is 10.8 Å². The fraction of sp³-hybridized carbons (Fsp3) is 0.312. The summed E-state index contributed by atoms with van der Waals surface area (Å²) in [6, 6.07) is 5.74. The van der Waals surface area contributed by atoms with Gasteiger partial charge in [0.05, 0.1) is 12.1 Å². The summed E-state index contributed by atoms with van der Waals surface area (Å²) in [5.74, 6) is -1.23. The first kappa shape index (κ1) is 15.2. The molecule has 1 saturated heterocycles. The minimum Gasteiger partial charge on any atom is -0.368 e. The van der Waals surface area contributed by atoms with Crippen molar-refractivity contribution in [3.05, 3.63) is 46.4 Å². The number of fused-ring (bicyclic) bond motifs is 1. The van der Waals surface area contributed by atoms with Gasteiger partial charge < -0.3 is 15.2 Å². The van der Waals surface area contributed by atoms with Gasteiger partial charge in [-0.25, -0.2) is 4.39 Å². The van der Waals surface area contributed by atoms with Crippen LogP contribution in [0, 0.1) is 0 Å². The second kappa shape index (κ2) is 5.49.